The molecule has 0 aromatic heterocycles. The Labute approximate surface area is 123 Å². The van der Waals surface area contributed by atoms with E-state index >= 15 is 0 Å². The van der Waals surface area contributed by atoms with Crippen molar-refractivity contribution in [2.24, 2.45) is 11.1 Å². The molecular formula is C14H20ClN3O2. The second-order valence-corrected chi connectivity index (χ2v) is 6.02. The summed E-state index contributed by atoms with van der Waals surface area (Å²) in [4.78, 5) is 23.2. The van der Waals surface area contributed by atoms with Crippen LogP contribution in [0.4, 0.5) is 5.69 Å². The van der Waals surface area contributed by atoms with Crippen LogP contribution in [0.25, 0.3) is 0 Å². The van der Waals surface area contributed by atoms with Crippen LogP contribution in [0.3, 0.4) is 0 Å². The van der Waals surface area contributed by atoms with Crippen LogP contribution in [0, 0.1) is 5.41 Å². The Morgan fingerprint density at radius 3 is 2.40 bits per heavy atom. The Balaban J connectivity index is 2.59. The van der Waals surface area contributed by atoms with Gasteiger partial charge in [0.2, 0.25) is 11.8 Å². The van der Waals surface area contributed by atoms with E-state index in [1.54, 1.807) is 24.3 Å². The van der Waals surface area contributed by atoms with E-state index in [4.69, 9.17) is 17.3 Å². The zero-order chi connectivity index (χ0) is 15.3. The summed E-state index contributed by atoms with van der Waals surface area (Å²) in [5, 5.41) is 6.00. The van der Waals surface area contributed by atoms with E-state index in [2.05, 4.69) is 10.6 Å². The number of halogens is 1. The van der Waals surface area contributed by atoms with Crippen molar-refractivity contribution < 1.29 is 9.59 Å². The van der Waals surface area contributed by atoms with Crippen molar-refractivity contribution in [3.05, 3.63) is 29.3 Å². The van der Waals surface area contributed by atoms with Gasteiger partial charge >= 0.3 is 0 Å². The number of carbonyl (C=O) groups is 2. The van der Waals surface area contributed by atoms with Crippen LogP contribution < -0.4 is 16.4 Å². The summed E-state index contributed by atoms with van der Waals surface area (Å²) in [6.45, 7) is 5.61. The molecule has 1 atom stereocenters. The predicted octanol–water partition coefficient (Wildman–Crippen LogP) is 1.77. The van der Waals surface area contributed by atoms with Crippen LogP contribution >= 0.6 is 11.6 Å². The molecule has 0 heterocycles. The average molecular weight is 298 g/mol. The Morgan fingerprint density at radius 1 is 1.30 bits per heavy atom. The van der Waals surface area contributed by atoms with E-state index in [0.717, 1.165) is 0 Å². The zero-order valence-electron chi connectivity index (χ0n) is 11.9. The third kappa shape index (κ3) is 4.83. The molecule has 110 valence electrons. The van der Waals surface area contributed by atoms with Gasteiger partial charge in [0.25, 0.3) is 0 Å². The molecule has 0 saturated heterocycles. The van der Waals surface area contributed by atoms with Gasteiger partial charge in [0.05, 0.1) is 23.3 Å². The molecule has 20 heavy (non-hydrogen) atoms. The Hall–Kier alpha value is -1.59. The molecular weight excluding hydrogens is 278 g/mol. The van der Waals surface area contributed by atoms with Gasteiger partial charge < -0.3 is 11.1 Å². The van der Waals surface area contributed by atoms with Gasteiger partial charge in [-0.05, 0) is 17.5 Å². The fourth-order valence-corrected chi connectivity index (χ4v) is 1.97. The second-order valence-electron chi connectivity index (χ2n) is 5.61. The van der Waals surface area contributed by atoms with Crippen LogP contribution in [0.2, 0.25) is 5.02 Å². The summed E-state index contributed by atoms with van der Waals surface area (Å²) in [7, 11) is 0. The van der Waals surface area contributed by atoms with E-state index < -0.39 is 11.9 Å². The smallest absolute Gasteiger partial charge is 0.238 e. The molecule has 0 fully saturated rings. The summed E-state index contributed by atoms with van der Waals surface area (Å²) in [6, 6.07) is 6.36. The van der Waals surface area contributed by atoms with Crippen LogP contribution in [0.5, 0.6) is 0 Å². The zero-order valence-corrected chi connectivity index (χ0v) is 12.6. The van der Waals surface area contributed by atoms with E-state index in [0.29, 0.717) is 10.7 Å². The number of hydrogen-bond donors (Lipinski definition) is 3. The maximum Gasteiger partial charge on any atom is 0.238 e. The first kappa shape index (κ1) is 16.5. The van der Waals surface area contributed by atoms with Crippen molar-refractivity contribution in [3.8, 4) is 0 Å². The molecule has 0 radical (unpaired) electrons. The fourth-order valence-electron chi connectivity index (χ4n) is 1.79. The predicted molar refractivity (Wildman–Crippen MR) is 80.5 cm³/mol. The number of nitrogens with one attached hydrogen (secondary N) is 2. The minimum Gasteiger partial charge on any atom is -0.368 e. The van der Waals surface area contributed by atoms with Crippen molar-refractivity contribution in [1.29, 1.82) is 0 Å². The Morgan fingerprint density at radius 2 is 1.90 bits per heavy atom. The van der Waals surface area contributed by atoms with Gasteiger partial charge in [-0.2, -0.15) is 0 Å². The molecule has 0 aliphatic rings. The monoisotopic (exact) mass is 297 g/mol. The summed E-state index contributed by atoms with van der Waals surface area (Å²) in [5.41, 5.74) is 5.50. The minimum atomic E-state index is -0.584. The Kier molecular flexibility index (Phi) is 5.53. The summed E-state index contributed by atoms with van der Waals surface area (Å²) in [6.07, 6.45) is 0. The van der Waals surface area contributed by atoms with Gasteiger partial charge in [-0.1, -0.05) is 44.5 Å². The van der Waals surface area contributed by atoms with Crippen LogP contribution in [0.15, 0.2) is 24.3 Å². The highest BCUT2D eigenvalue weighted by atomic mass is 35.5. The summed E-state index contributed by atoms with van der Waals surface area (Å²) >= 11 is 5.94. The number of para-hydroxylation sites is 1. The largest absolute Gasteiger partial charge is 0.368 e. The molecule has 0 aliphatic carbocycles. The van der Waals surface area contributed by atoms with E-state index in [1.165, 1.54) is 0 Å². The lowest BCUT2D eigenvalue weighted by atomic mass is 9.86. The molecule has 4 N–H and O–H groups in total. The maximum absolute atomic E-state index is 11.8. The molecule has 1 rings (SSSR count). The molecule has 0 spiro atoms. The highest BCUT2D eigenvalue weighted by Crippen LogP contribution is 2.21. The van der Waals surface area contributed by atoms with Crippen LogP contribution in [-0.2, 0) is 9.59 Å². The highest BCUT2D eigenvalue weighted by molar-refractivity contribution is 6.33. The van der Waals surface area contributed by atoms with Crippen molar-refractivity contribution in [3.63, 3.8) is 0 Å². The lowest BCUT2D eigenvalue weighted by Crippen LogP contribution is -2.51. The van der Waals surface area contributed by atoms with E-state index in [-0.39, 0.29) is 17.9 Å². The number of amides is 2. The quantitative estimate of drug-likeness (QED) is 0.774. The molecule has 1 aromatic rings. The standard InChI is InChI=1S/C14H20ClN3O2/c1-14(2,3)12(13(16)20)17-8-11(19)18-10-7-5-4-6-9(10)15/h4-7,12,17H,8H2,1-3H3,(H2,16,20)(H,18,19)/t12-/m0/s1. The normalized spacial score (nSPS) is 12.8. The van der Waals surface area contributed by atoms with Crippen LogP contribution in [-0.4, -0.2) is 24.4 Å². The molecule has 0 aliphatic heterocycles. The van der Waals surface area contributed by atoms with Gasteiger partial charge in [-0.25, -0.2) is 0 Å². The third-order valence-corrected chi connectivity index (χ3v) is 3.09. The molecule has 6 heteroatoms. The molecule has 2 amide bonds. The first-order valence-corrected chi connectivity index (χ1v) is 6.66. The van der Waals surface area contributed by atoms with Gasteiger partial charge in [0, 0.05) is 0 Å². The molecule has 0 saturated carbocycles. The fraction of sp³-hybridized carbons (Fsp3) is 0.429. The van der Waals surface area contributed by atoms with Crippen molar-refractivity contribution in [2.75, 3.05) is 11.9 Å². The molecule has 0 unspecified atom stereocenters. The van der Waals surface area contributed by atoms with E-state index in [9.17, 15) is 9.59 Å². The summed E-state index contributed by atoms with van der Waals surface area (Å²) < 4.78 is 0. The van der Waals surface area contributed by atoms with Gasteiger partial charge in [0.1, 0.15) is 0 Å². The van der Waals surface area contributed by atoms with Crippen molar-refractivity contribution >= 4 is 29.1 Å². The molecule has 1 aromatic carbocycles. The topological polar surface area (TPSA) is 84.2 Å². The third-order valence-electron chi connectivity index (χ3n) is 2.77. The summed E-state index contributed by atoms with van der Waals surface area (Å²) in [5.74, 6) is -0.767. The number of hydrogen-bond acceptors (Lipinski definition) is 3. The first-order chi connectivity index (χ1) is 9.21. The number of anilines is 1. The number of rotatable bonds is 5. The van der Waals surface area contributed by atoms with Crippen molar-refractivity contribution in [2.45, 2.75) is 26.8 Å². The van der Waals surface area contributed by atoms with Gasteiger partial charge in [-0.3, -0.25) is 14.9 Å². The minimum absolute atomic E-state index is 0.0178. The highest BCUT2D eigenvalue weighted by Gasteiger charge is 2.29. The number of carbonyl (C=O) groups excluding carboxylic acids is 2. The van der Waals surface area contributed by atoms with Crippen LogP contribution in [0.1, 0.15) is 20.8 Å². The van der Waals surface area contributed by atoms with Gasteiger partial charge in [-0.15, -0.1) is 0 Å². The van der Waals surface area contributed by atoms with Gasteiger partial charge in [0.15, 0.2) is 0 Å². The number of primary amides is 1. The molecule has 0 bridgehead atoms. The number of benzene rings is 1. The average Bonchev–Trinajstić information content (AvgIpc) is 2.30. The van der Waals surface area contributed by atoms with E-state index in [1.807, 2.05) is 20.8 Å². The Bertz CT molecular complexity index is 497. The van der Waals surface area contributed by atoms with Crippen molar-refractivity contribution in [1.82, 2.24) is 5.32 Å². The lowest BCUT2D eigenvalue weighted by molar-refractivity contribution is -0.122. The lowest BCUT2D eigenvalue weighted by Gasteiger charge is -2.28. The maximum atomic E-state index is 11.8. The number of nitrogens with two attached hydrogens (primary N) is 1. The first-order valence-electron chi connectivity index (χ1n) is 6.29. The SMILES string of the molecule is CC(C)(C)[C@@H](NCC(=O)Nc1ccccc1Cl)C(N)=O. The second kappa shape index (κ2) is 6.72. The molecule has 5 nitrogen and oxygen atoms in total.